The van der Waals surface area contributed by atoms with Crippen LogP contribution in [0.3, 0.4) is 0 Å². The van der Waals surface area contributed by atoms with Gasteiger partial charge in [0.15, 0.2) is 10.7 Å². The topological polar surface area (TPSA) is 44.8 Å². The summed E-state index contributed by atoms with van der Waals surface area (Å²) in [4.78, 5) is 13.3. The zero-order chi connectivity index (χ0) is 26.1. The molecular formula is C32H34O4S. The number of ether oxygens (including phenoxy) is 3. The molecule has 3 atom stereocenters. The van der Waals surface area contributed by atoms with Gasteiger partial charge >= 0.3 is 0 Å². The Kier molecular flexibility index (Phi) is 9.23. The molecule has 0 spiro atoms. The molecule has 0 amide bonds. The minimum absolute atomic E-state index is 0.0203. The van der Waals surface area contributed by atoms with Crippen molar-refractivity contribution in [2.75, 3.05) is 6.61 Å². The van der Waals surface area contributed by atoms with Gasteiger partial charge in [-0.25, -0.2) is 0 Å². The Morgan fingerprint density at radius 1 is 0.892 bits per heavy atom. The van der Waals surface area contributed by atoms with Crippen molar-refractivity contribution in [1.29, 1.82) is 0 Å². The Balaban J connectivity index is 1.64. The average molecular weight is 515 g/mol. The molecule has 0 radical (unpaired) electrons. The van der Waals surface area contributed by atoms with E-state index in [4.69, 9.17) is 14.2 Å². The van der Waals surface area contributed by atoms with Crippen LogP contribution in [0.4, 0.5) is 0 Å². The fraction of sp³-hybridized carbons (Fsp3) is 0.344. The van der Waals surface area contributed by atoms with Crippen LogP contribution in [0.2, 0.25) is 0 Å². The lowest BCUT2D eigenvalue weighted by atomic mass is 9.92. The number of hydrogen-bond acceptors (Lipinski definition) is 5. The van der Waals surface area contributed by atoms with E-state index in [1.165, 1.54) is 11.8 Å². The molecule has 5 heteroatoms. The Morgan fingerprint density at radius 2 is 1.43 bits per heavy atom. The lowest BCUT2D eigenvalue weighted by molar-refractivity contribution is -0.122. The molecule has 0 aliphatic carbocycles. The van der Waals surface area contributed by atoms with Crippen molar-refractivity contribution < 1.29 is 19.0 Å². The van der Waals surface area contributed by atoms with Gasteiger partial charge in [0.2, 0.25) is 0 Å². The van der Waals surface area contributed by atoms with Crippen molar-refractivity contribution in [3.8, 4) is 11.8 Å². The molecule has 37 heavy (non-hydrogen) atoms. The van der Waals surface area contributed by atoms with Gasteiger partial charge in [0.1, 0.15) is 12.2 Å². The summed E-state index contributed by atoms with van der Waals surface area (Å²) < 4.78 is 19.0. The van der Waals surface area contributed by atoms with Gasteiger partial charge in [-0.2, -0.15) is 0 Å². The zero-order valence-corrected chi connectivity index (χ0v) is 22.5. The molecule has 0 aromatic heterocycles. The second kappa shape index (κ2) is 12.6. The molecule has 1 aliphatic heterocycles. The number of hydrogen-bond donors (Lipinski definition) is 0. The van der Waals surface area contributed by atoms with Crippen molar-refractivity contribution in [2.24, 2.45) is 0 Å². The van der Waals surface area contributed by atoms with Crippen LogP contribution in [0.15, 0.2) is 91.0 Å². The molecule has 4 nitrogen and oxygen atoms in total. The van der Waals surface area contributed by atoms with Gasteiger partial charge in [-0.05, 0) is 23.3 Å². The van der Waals surface area contributed by atoms with E-state index >= 15 is 0 Å². The first-order chi connectivity index (χ1) is 17.8. The first kappa shape index (κ1) is 27.2. The largest absolute Gasteiger partial charge is 0.368 e. The fourth-order valence-electron chi connectivity index (χ4n) is 4.21. The maximum absolute atomic E-state index is 13.3. The van der Waals surface area contributed by atoms with E-state index in [0.717, 1.165) is 16.7 Å². The van der Waals surface area contributed by atoms with Crippen LogP contribution >= 0.6 is 11.8 Å². The third kappa shape index (κ3) is 8.05. The second-order valence-corrected chi connectivity index (χ2v) is 12.0. The van der Waals surface area contributed by atoms with Crippen LogP contribution in [0, 0.1) is 11.8 Å². The molecule has 1 saturated heterocycles. The SMILES string of the molecule is CC(C)(C)SC(=O)C[C@@]1(C#Cc2ccccc2)OC[C@@H](OCc2ccccc2)[C@@H]1OCc1ccccc1. The van der Waals surface area contributed by atoms with E-state index in [2.05, 4.69) is 11.8 Å². The van der Waals surface area contributed by atoms with Crippen molar-refractivity contribution in [1.82, 2.24) is 0 Å². The second-order valence-electron chi connectivity index (χ2n) is 10.1. The molecule has 4 rings (SSSR count). The third-order valence-electron chi connectivity index (χ3n) is 5.90. The van der Waals surface area contributed by atoms with Crippen LogP contribution in [-0.2, 0) is 32.2 Å². The van der Waals surface area contributed by atoms with Gasteiger partial charge < -0.3 is 14.2 Å². The minimum Gasteiger partial charge on any atom is -0.368 e. The molecule has 1 aliphatic rings. The first-order valence-electron chi connectivity index (χ1n) is 12.6. The van der Waals surface area contributed by atoms with Crippen molar-refractivity contribution in [3.05, 3.63) is 108 Å². The van der Waals surface area contributed by atoms with Crippen LogP contribution in [-0.4, -0.2) is 34.3 Å². The standard InChI is InChI=1S/C32H34O4S/c1-31(2,3)37-29(33)21-32(20-19-25-13-7-4-8-14-25)30(35-23-27-17-11-6-12-18-27)28(24-36-32)34-22-26-15-9-5-10-16-26/h4-18,28,30H,21-24H2,1-3H3/t28-,30+,32-/m1/s1. The summed E-state index contributed by atoms with van der Waals surface area (Å²) in [5.74, 6) is 6.58. The molecular weight excluding hydrogens is 480 g/mol. The highest BCUT2D eigenvalue weighted by atomic mass is 32.2. The monoisotopic (exact) mass is 514 g/mol. The number of carbonyl (C=O) groups is 1. The highest BCUT2D eigenvalue weighted by molar-refractivity contribution is 8.14. The smallest absolute Gasteiger partial charge is 0.193 e. The molecule has 1 fully saturated rings. The predicted octanol–water partition coefficient (Wildman–Crippen LogP) is 6.43. The molecule has 3 aromatic carbocycles. The predicted molar refractivity (Wildman–Crippen MR) is 149 cm³/mol. The Labute approximate surface area is 224 Å². The number of rotatable bonds is 8. The highest BCUT2D eigenvalue weighted by Crippen LogP contribution is 2.38. The molecule has 1 heterocycles. The normalized spacial score (nSPS) is 21.3. The Hall–Kier alpha value is -2.88. The fourth-order valence-corrected chi connectivity index (χ4v) is 5.18. The molecule has 0 N–H and O–H groups in total. The number of benzene rings is 3. The van der Waals surface area contributed by atoms with Crippen molar-refractivity contribution in [2.45, 2.75) is 63.0 Å². The lowest BCUT2D eigenvalue weighted by Gasteiger charge is -2.31. The quantitative estimate of drug-likeness (QED) is 0.324. The first-order valence-corrected chi connectivity index (χ1v) is 13.4. The van der Waals surface area contributed by atoms with E-state index in [1.54, 1.807) is 0 Å². The summed E-state index contributed by atoms with van der Waals surface area (Å²) in [6.45, 7) is 7.18. The summed E-state index contributed by atoms with van der Waals surface area (Å²) in [5.41, 5.74) is 1.84. The van der Waals surface area contributed by atoms with Crippen LogP contribution in [0.5, 0.6) is 0 Å². The zero-order valence-electron chi connectivity index (χ0n) is 21.7. The van der Waals surface area contributed by atoms with Gasteiger partial charge in [0.25, 0.3) is 0 Å². The summed E-state index contributed by atoms with van der Waals surface area (Å²) in [7, 11) is 0. The van der Waals surface area contributed by atoms with Gasteiger partial charge in [-0.15, -0.1) is 0 Å². The number of carbonyl (C=O) groups excluding carboxylic acids is 1. The lowest BCUT2D eigenvalue weighted by Crippen LogP contribution is -2.46. The van der Waals surface area contributed by atoms with Crippen LogP contribution < -0.4 is 0 Å². The maximum atomic E-state index is 13.3. The van der Waals surface area contributed by atoms with Crippen LogP contribution in [0.1, 0.15) is 43.9 Å². The van der Waals surface area contributed by atoms with Gasteiger partial charge in [0, 0.05) is 10.3 Å². The summed E-state index contributed by atoms with van der Waals surface area (Å²) >= 11 is 1.31. The Bertz CT molecular complexity index is 1200. The third-order valence-corrected chi connectivity index (χ3v) is 6.89. The molecule has 0 saturated carbocycles. The average Bonchev–Trinajstić information content (AvgIpc) is 3.22. The van der Waals surface area contributed by atoms with E-state index < -0.39 is 11.7 Å². The minimum atomic E-state index is -1.12. The van der Waals surface area contributed by atoms with Crippen LogP contribution in [0.25, 0.3) is 0 Å². The Morgan fingerprint density at radius 3 is 2.00 bits per heavy atom. The summed E-state index contributed by atoms with van der Waals surface area (Å²) in [6, 6.07) is 29.8. The van der Waals surface area contributed by atoms with E-state index in [-0.39, 0.29) is 22.4 Å². The maximum Gasteiger partial charge on any atom is 0.193 e. The van der Waals surface area contributed by atoms with E-state index in [1.807, 2.05) is 112 Å². The van der Waals surface area contributed by atoms with Crippen molar-refractivity contribution in [3.63, 3.8) is 0 Å². The number of thioether (sulfide) groups is 1. The van der Waals surface area contributed by atoms with Gasteiger partial charge in [-0.1, -0.05) is 123 Å². The van der Waals surface area contributed by atoms with E-state index in [0.29, 0.717) is 19.8 Å². The van der Waals surface area contributed by atoms with Gasteiger partial charge in [0.05, 0.1) is 26.2 Å². The van der Waals surface area contributed by atoms with Crippen molar-refractivity contribution >= 4 is 16.9 Å². The summed E-state index contributed by atoms with van der Waals surface area (Å²) in [6.07, 6.45) is -0.807. The molecule has 3 aromatic rings. The molecule has 0 unspecified atom stereocenters. The summed E-state index contributed by atoms with van der Waals surface area (Å²) in [5, 5.41) is 0.0203. The van der Waals surface area contributed by atoms with E-state index in [9.17, 15) is 4.79 Å². The molecule has 192 valence electrons. The molecule has 0 bridgehead atoms. The van der Waals surface area contributed by atoms with Gasteiger partial charge in [-0.3, -0.25) is 4.79 Å². The highest BCUT2D eigenvalue weighted by Gasteiger charge is 2.52.